The van der Waals surface area contributed by atoms with Crippen LogP contribution in [0.4, 0.5) is 5.82 Å². The second-order valence-electron chi connectivity index (χ2n) is 6.53. The van der Waals surface area contributed by atoms with Crippen molar-refractivity contribution in [2.24, 2.45) is 5.92 Å². The van der Waals surface area contributed by atoms with Crippen LogP contribution in [0.15, 0.2) is 18.3 Å². The van der Waals surface area contributed by atoms with Gasteiger partial charge in [0.1, 0.15) is 5.82 Å². The summed E-state index contributed by atoms with van der Waals surface area (Å²) >= 11 is 0. The summed E-state index contributed by atoms with van der Waals surface area (Å²) in [5.74, 6) is 1.81. The Morgan fingerprint density at radius 2 is 1.95 bits per heavy atom. The topological polar surface area (TPSA) is 39.6 Å². The van der Waals surface area contributed by atoms with Crippen LogP contribution in [0.3, 0.4) is 0 Å². The molecule has 21 heavy (non-hydrogen) atoms. The molecule has 0 radical (unpaired) electrons. The van der Waals surface area contributed by atoms with Crippen molar-refractivity contribution in [3.8, 4) is 0 Å². The Morgan fingerprint density at radius 1 is 1.24 bits per heavy atom. The quantitative estimate of drug-likeness (QED) is 0.924. The van der Waals surface area contributed by atoms with E-state index in [4.69, 9.17) is 0 Å². The van der Waals surface area contributed by atoms with E-state index in [9.17, 15) is 5.11 Å². The van der Waals surface area contributed by atoms with Gasteiger partial charge in [-0.1, -0.05) is 6.07 Å². The van der Waals surface area contributed by atoms with Gasteiger partial charge in [-0.15, -0.1) is 0 Å². The van der Waals surface area contributed by atoms with E-state index in [2.05, 4.69) is 14.8 Å². The normalized spacial score (nSPS) is 22.7. The average molecular weight is 289 g/mol. The first kappa shape index (κ1) is 14.8. The lowest BCUT2D eigenvalue weighted by Gasteiger charge is -2.35. The smallest absolute Gasteiger partial charge is 0.134 e. The minimum absolute atomic E-state index is 0.448. The van der Waals surface area contributed by atoms with E-state index in [1.807, 2.05) is 25.3 Å². The fourth-order valence-corrected chi connectivity index (χ4v) is 3.66. The van der Waals surface area contributed by atoms with Gasteiger partial charge >= 0.3 is 0 Å². The zero-order chi connectivity index (χ0) is 14.7. The molecule has 0 unspecified atom stereocenters. The van der Waals surface area contributed by atoms with E-state index >= 15 is 0 Å². The van der Waals surface area contributed by atoms with Gasteiger partial charge in [-0.2, -0.15) is 0 Å². The lowest BCUT2D eigenvalue weighted by molar-refractivity contribution is 0.198. The molecule has 116 valence electrons. The maximum absolute atomic E-state index is 9.90. The van der Waals surface area contributed by atoms with Crippen LogP contribution in [0.1, 0.15) is 44.3 Å². The molecule has 0 bridgehead atoms. The third-order valence-corrected chi connectivity index (χ3v) is 4.90. The number of nitrogens with zero attached hydrogens (tertiary/aromatic N) is 3. The van der Waals surface area contributed by atoms with Gasteiger partial charge in [-0.3, -0.25) is 0 Å². The molecule has 2 saturated heterocycles. The van der Waals surface area contributed by atoms with Gasteiger partial charge in [0.25, 0.3) is 0 Å². The Morgan fingerprint density at radius 3 is 2.62 bits per heavy atom. The Labute approximate surface area is 127 Å². The molecule has 0 spiro atoms. The van der Waals surface area contributed by atoms with Crippen molar-refractivity contribution in [1.82, 2.24) is 9.88 Å². The lowest BCUT2D eigenvalue weighted by Crippen LogP contribution is -2.39. The lowest BCUT2D eigenvalue weighted by atomic mass is 9.95. The van der Waals surface area contributed by atoms with Crippen LogP contribution >= 0.6 is 0 Å². The van der Waals surface area contributed by atoms with Crippen molar-refractivity contribution in [2.45, 2.75) is 38.7 Å². The zero-order valence-corrected chi connectivity index (χ0v) is 13.0. The third-order valence-electron chi connectivity index (χ3n) is 4.90. The Hall–Kier alpha value is -1.13. The molecule has 1 atom stereocenters. The van der Waals surface area contributed by atoms with Crippen LogP contribution in [0.5, 0.6) is 0 Å². The van der Waals surface area contributed by atoms with E-state index in [1.54, 1.807) is 0 Å². The van der Waals surface area contributed by atoms with E-state index in [-0.39, 0.29) is 0 Å². The highest BCUT2D eigenvalue weighted by atomic mass is 16.3. The van der Waals surface area contributed by atoms with Gasteiger partial charge in [-0.05, 0) is 57.7 Å². The monoisotopic (exact) mass is 289 g/mol. The fourth-order valence-electron chi connectivity index (χ4n) is 3.66. The number of hydrogen-bond acceptors (Lipinski definition) is 4. The van der Waals surface area contributed by atoms with E-state index in [1.165, 1.54) is 45.3 Å². The van der Waals surface area contributed by atoms with Crippen molar-refractivity contribution in [3.63, 3.8) is 0 Å². The molecule has 2 aliphatic rings. The zero-order valence-electron chi connectivity index (χ0n) is 13.0. The molecular weight excluding hydrogens is 262 g/mol. The van der Waals surface area contributed by atoms with E-state index in [0.29, 0.717) is 0 Å². The number of aliphatic hydroxyl groups excluding tert-OH is 1. The van der Waals surface area contributed by atoms with Crippen LogP contribution in [0, 0.1) is 5.92 Å². The summed E-state index contributed by atoms with van der Waals surface area (Å²) in [4.78, 5) is 9.48. The summed E-state index contributed by atoms with van der Waals surface area (Å²) in [7, 11) is 0. The largest absolute Gasteiger partial charge is 0.389 e. The van der Waals surface area contributed by atoms with Gasteiger partial charge < -0.3 is 14.9 Å². The Bertz CT molecular complexity index is 449. The number of piperidine rings is 1. The molecule has 0 amide bonds. The SMILES string of the molecule is C[C@@H](O)c1cccnc1N1CCC(CN2CCCC2)CC1. The molecule has 3 rings (SSSR count). The first-order valence-electron chi connectivity index (χ1n) is 8.34. The molecule has 4 nitrogen and oxygen atoms in total. The van der Waals surface area contributed by atoms with E-state index in [0.717, 1.165) is 30.4 Å². The van der Waals surface area contributed by atoms with Gasteiger partial charge in [0, 0.05) is 31.4 Å². The molecule has 1 N–H and O–H groups in total. The predicted molar refractivity (Wildman–Crippen MR) is 85.5 cm³/mol. The molecule has 0 aromatic carbocycles. The second kappa shape index (κ2) is 6.75. The second-order valence-corrected chi connectivity index (χ2v) is 6.53. The highest BCUT2D eigenvalue weighted by Gasteiger charge is 2.25. The number of likely N-dealkylation sites (tertiary alicyclic amines) is 1. The molecule has 4 heteroatoms. The molecule has 0 saturated carbocycles. The van der Waals surface area contributed by atoms with Crippen LogP contribution in [0.25, 0.3) is 0 Å². The van der Waals surface area contributed by atoms with Crippen molar-refractivity contribution in [1.29, 1.82) is 0 Å². The Kier molecular flexibility index (Phi) is 4.76. The summed E-state index contributed by atoms with van der Waals surface area (Å²) in [6.45, 7) is 7.82. The molecule has 1 aromatic rings. The van der Waals surface area contributed by atoms with Crippen molar-refractivity contribution >= 4 is 5.82 Å². The van der Waals surface area contributed by atoms with Crippen molar-refractivity contribution < 1.29 is 5.11 Å². The van der Waals surface area contributed by atoms with Crippen LogP contribution < -0.4 is 4.90 Å². The van der Waals surface area contributed by atoms with Crippen LogP contribution in [0.2, 0.25) is 0 Å². The van der Waals surface area contributed by atoms with Crippen molar-refractivity contribution in [2.75, 3.05) is 37.6 Å². The summed E-state index contributed by atoms with van der Waals surface area (Å²) in [6, 6.07) is 3.90. The number of rotatable bonds is 4. The maximum atomic E-state index is 9.90. The first-order valence-corrected chi connectivity index (χ1v) is 8.34. The highest BCUT2D eigenvalue weighted by Crippen LogP contribution is 2.28. The summed E-state index contributed by atoms with van der Waals surface area (Å²) in [5.41, 5.74) is 0.954. The minimum atomic E-state index is -0.448. The van der Waals surface area contributed by atoms with Gasteiger partial charge in [0.2, 0.25) is 0 Å². The van der Waals surface area contributed by atoms with Crippen LogP contribution in [-0.4, -0.2) is 47.7 Å². The number of aromatic nitrogens is 1. The third kappa shape index (κ3) is 3.55. The summed E-state index contributed by atoms with van der Waals surface area (Å²) in [5, 5.41) is 9.90. The number of anilines is 1. The summed E-state index contributed by atoms with van der Waals surface area (Å²) < 4.78 is 0. The minimum Gasteiger partial charge on any atom is -0.389 e. The Balaban J connectivity index is 1.58. The van der Waals surface area contributed by atoms with Gasteiger partial charge in [0.15, 0.2) is 0 Å². The number of hydrogen-bond donors (Lipinski definition) is 1. The van der Waals surface area contributed by atoms with Gasteiger partial charge in [-0.25, -0.2) is 4.98 Å². The molecule has 2 aliphatic heterocycles. The number of pyridine rings is 1. The van der Waals surface area contributed by atoms with Crippen LogP contribution in [-0.2, 0) is 0 Å². The average Bonchev–Trinajstić information content (AvgIpc) is 3.01. The first-order chi connectivity index (χ1) is 10.2. The van der Waals surface area contributed by atoms with Crippen molar-refractivity contribution in [3.05, 3.63) is 23.9 Å². The maximum Gasteiger partial charge on any atom is 0.134 e. The summed E-state index contributed by atoms with van der Waals surface area (Å²) in [6.07, 6.45) is 6.63. The molecule has 1 aromatic heterocycles. The molecule has 2 fully saturated rings. The fraction of sp³-hybridized carbons (Fsp3) is 0.706. The molecule has 0 aliphatic carbocycles. The predicted octanol–water partition coefficient (Wildman–Crippen LogP) is 2.45. The van der Waals surface area contributed by atoms with Gasteiger partial charge in [0.05, 0.1) is 6.10 Å². The van der Waals surface area contributed by atoms with E-state index < -0.39 is 6.10 Å². The highest BCUT2D eigenvalue weighted by molar-refractivity contribution is 5.48. The molecule has 3 heterocycles. The number of aliphatic hydroxyl groups is 1. The standard InChI is InChI=1S/C17H27N3O/c1-14(21)16-5-4-8-18-17(16)20-11-6-15(7-12-20)13-19-9-2-3-10-19/h4-5,8,14-15,21H,2-3,6-7,9-13H2,1H3/t14-/m1/s1. The molecular formula is C17H27N3O.